The summed E-state index contributed by atoms with van der Waals surface area (Å²) in [7, 11) is 0. The number of hydrogen-bond acceptors (Lipinski definition) is 5. The first-order valence-electron chi connectivity index (χ1n) is 7.91. The normalized spacial score (nSPS) is 10.9. The van der Waals surface area contributed by atoms with Gasteiger partial charge in [-0.2, -0.15) is 4.52 Å². The Hall–Kier alpha value is -2.81. The maximum absolute atomic E-state index is 4.65. The van der Waals surface area contributed by atoms with Crippen LogP contribution in [0.15, 0.2) is 67.4 Å². The zero-order chi connectivity index (χ0) is 16.6. The van der Waals surface area contributed by atoms with E-state index in [-0.39, 0.29) is 23.9 Å². The van der Waals surface area contributed by atoms with Crippen molar-refractivity contribution >= 4 is 40.5 Å². The minimum atomic E-state index is 0. The van der Waals surface area contributed by atoms with Gasteiger partial charge in [-0.25, -0.2) is 4.98 Å². The molecule has 1 aromatic carbocycles. The van der Waals surface area contributed by atoms with Gasteiger partial charge in [0.15, 0.2) is 17.3 Å². The Balaban J connectivity index is 0.00000168. The topological polar surface area (TPSA) is 73.8 Å². The molecule has 5 rings (SSSR count). The molecule has 0 saturated heterocycles. The summed E-state index contributed by atoms with van der Waals surface area (Å²) < 4.78 is 3.63. The van der Waals surface area contributed by atoms with E-state index in [1.54, 1.807) is 23.2 Å². The number of hydrogen-bond donors (Lipinski definition) is 0. The zero-order valence-corrected chi connectivity index (χ0v) is 16.5. The van der Waals surface area contributed by atoms with Crippen LogP contribution in [0.25, 0.3) is 22.4 Å². The standard InChI is InChI=1S/C18H13N7.Sn/c1-3-13(14-4-2-8-20-15(14)5-1)11-18-22-21-16-6-7-17(23-25(16)18)24-10-9-19-12-24;/h1-10,12H,11H2;. The van der Waals surface area contributed by atoms with Gasteiger partial charge >= 0.3 is 0 Å². The van der Waals surface area contributed by atoms with E-state index in [1.807, 2.05) is 41.1 Å². The van der Waals surface area contributed by atoms with Crippen molar-refractivity contribution in [2.75, 3.05) is 0 Å². The van der Waals surface area contributed by atoms with Gasteiger partial charge < -0.3 is 0 Å². The second-order valence-corrected chi connectivity index (χ2v) is 5.71. The summed E-state index contributed by atoms with van der Waals surface area (Å²) in [6.45, 7) is 0. The van der Waals surface area contributed by atoms with Gasteiger partial charge in [0.25, 0.3) is 0 Å². The number of aromatic nitrogens is 7. The van der Waals surface area contributed by atoms with Gasteiger partial charge in [0.1, 0.15) is 6.33 Å². The molecule has 26 heavy (non-hydrogen) atoms. The van der Waals surface area contributed by atoms with Gasteiger partial charge in [-0.05, 0) is 29.8 Å². The molecule has 0 N–H and O–H groups in total. The van der Waals surface area contributed by atoms with Crippen LogP contribution >= 0.6 is 0 Å². The molecule has 0 fully saturated rings. The van der Waals surface area contributed by atoms with E-state index in [1.165, 1.54) is 0 Å². The van der Waals surface area contributed by atoms with Crippen molar-refractivity contribution in [2.24, 2.45) is 0 Å². The third-order valence-electron chi connectivity index (χ3n) is 4.17. The molecule has 0 amide bonds. The van der Waals surface area contributed by atoms with E-state index < -0.39 is 0 Å². The minimum Gasteiger partial charge on any atom is -0.289 e. The maximum atomic E-state index is 4.65. The predicted octanol–water partition coefficient (Wildman–Crippen LogP) is 2.07. The third-order valence-corrected chi connectivity index (χ3v) is 4.17. The molecule has 0 aliphatic rings. The summed E-state index contributed by atoms with van der Waals surface area (Å²) in [5.41, 5.74) is 2.84. The van der Waals surface area contributed by atoms with Crippen molar-refractivity contribution in [3.8, 4) is 5.82 Å². The molecule has 8 heteroatoms. The average molecular weight is 446 g/mol. The molecular formula is C18H13N7Sn. The predicted molar refractivity (Wildman–Crippen MR) is 98.2 cm³/mol. The van der Waals surface area contributed by atoms with Gasteiger partial charge in [0.05, 0.1) is 5.52 Å². The molecule has 124 valence electrons. The van der Waals surface area contributed by atoms with E-state index in [9.17, 15) is 0 Å². The summed E-state index contributed by atoms with van der Waals surface area (Å²) in [5.74, 6) is 1.55. The molecule has 4 radical (unpaired) electrons. The number of fused-ring (bicyclic) bond motifs is 2. The van der Waals surface area contributed by atoms with Gasteiger partial charge in [0, 0.05) is 54.3 Å². The van der Waals surface area contributed by atoms with Crippen LogP contribution in [0.5, 0.6) is 0 Å². The van der Waals surface area contributed by atoms with E-state index in [4.69, 9.17) is 0 Å². The van der Waals surface area contributed by atoms with Gasteiger partial charge in [-0.1, -0.05) is 18.2 Å². The molecule has 4 aromatic heterocycles. The fourth-order valence-electron chi connectivity index (χ4n) is 2.96. The first-order chi connectivity index (χ1) is 12.4. The van der Waals surface area contributed by atoms with Crippen molar-refractivity contribution in [3.05, 3.63) is 78.8 Å². The van der Waals surface area contributed by atoms with Crippen LogP contribution in [0, 0.1) is 0 Å². The van der Waals surface area contributed by atoms with Crippen molar-refractivity contribution in [2.45, 2.75) is 6.42 Å². The van der Waals surface area contributed by atoms with E-state index in [0.29, 0.717) is 6.42 Å². The first kappa shape index (κ1) is 16.6. The zero-order valence-electron chi connectivity index (χ0n) is 13.7. The second-order valence-electron chi connectivity index (χ2n) is 5.71. The number of imidazole rings is 1. The molecule has 0 spiro atoms. The van der Waals surface area contributed by atoms with Crippen LogP contribution in [-0.2, 0) is 6.42 Å². The largest absolute Gasteiger partial charge is 0.289 e. The van der Waals surface area contributed by atoms with Crippen molar-refractivity contribution in [3.63, 3.8) is 0 Å². The third kappa shape index (κ3) is 2.84. The maximum Gasteiger partial charge on any atom is 0.178 e. The molecule has 0 saturated carbocycles. The first-order valence-corrected chi connectivity index (χ1v) is 7.91. The average Bonchev–Trinajstić information content (AvgIpc) is 3.32. The number of rotatable bonds is 3. The van der Waals surface area contributed by atoms with Crippen LogP contribution < -0.4 is 0 Å². The fourth-order valence-corrected chi connectivity index (χ4v) is 2.96. The smallest absolute Gasteiger partial charge is 0.178 e. The molecule has 4 heterocycles. The second kappa shape index (κ2) is 6.83. The van der Waals surface area contributed by atoms with Crippen LogP contribution in [0.4, 0.5) is 0 Å². The Morgan fingerprint density at radius 2 is 1.88 bits per heavy atom. The molecule has 7 nitrogen and oxygen atoms in total. The SMILES string of the molecule is [Sn].c1cc(Cc2nnc3ccc(-n4ccnc4)nn23)c2cccnc2c1. The van der Waals surface area contributed by atoms with Crippen LogP contribution in [0.2, 0.25) is 0 Å². The summed E-state index contributed by atoms with van der Waals surface area (Å²) in [5, 5.41) is 14.3. The molecule has 0 bridgehead atoms. The Labute approximate surface area is 165 Å². The molecule has 0 unspecified atom stereocenters. The quantitative estimate of drug-likeness (QED) is 0.397. The Morgan fingerprint density at radius 3 is 2.77 bits per heavy atom. The van der Waals surface area contributed by atoms with Crippen LogP contribution in [-0.4, -0.2) is 58.3 Å². The number of benzene rings is 1. The Morgan fingerprint density at radius 1 is 0.923 bits per heavy atom. The van der Waals surface area contributed by atoms with Crippen molar-refractivity contribution in [1.82, 2.24) is 34.3 Å². The van der Waals surface area contributed by atoms with Crippen LogP contribution in [0.3, 0.4) is 0 Å². The summed E-state index contributed by atoms with van der Waals surface area (Å²) in [4.78, 5) is 8.48. The molecular weight excluding hydrogens is 433 g/mol. The van der Waals surface area contributed by atoms with Gasteiger partial charge in [0.2, 0.25) is 0 Å². The minimum absolute atomic E-state index is 0. The summed E-state index contributed by atoms with van der Waals surface area (Å²) in [6, 6.07) is 13.9. The van der Waals surface area contributed by atoms with E-state index in [0.717, 1.165) is 33.8 Å². The molecule has 0 aliphatic carbocycles. The summed E-state index contributed by atoms with van der Waals surface area (Å²) in [6.07, 6.45) is 7.73. The summed E-state index contributed by atoms with van der Waals surface area (Å²) >= 11 is 0. The molecule has 0 atom stereocenters. The Bertz CT molecular complexity index is 1180. The van der Waals surface area contributed by atoms with E-state index >= 15 is 0 Å². The number of nitrogens with zero attached hydrogens (tertiary/aromatic N) is 7. The van der Waals surface area contributed by atoms with Gasteiger partial charge in [-0.3, -0.25) is 9.55 Å². The monoisotopic (exact) mass is 447 g/mol. The van der Waals surface area contributed by atoms with E-state index in [2.05, 4.69) is 37.4 Å². The van der Waals surface area contributed by atoms with Crippen molar-refractivity contribution in [1.29, 1.82) is 0 Å². The van der Waals surface area contributed by atoms with Gasteiger partial charge in [-0.15, -0.1) is 15.3 Å². The Kier molecular flexibility index (Phi) is 4.37. The molecule has 0 aliphatic heterocycles. The van der Waals surface area contributed by atoms with Crippen molar-refractivity contribution < 1.29 is 0 Å². The van der Waals surface area contributed by atoms with Crippen LogP contribution in [0.1, 0.15) is 11.4 Å². The number of pyridine rings is 1. The fraction of sp³-hybridized carbons (Fsp3) is 0.0556. The molecule has 5 aromatic rings.